The highest BCUT2D eigenvalue weighted by atomic mass is 16.1. The molecule has 0 saturated carbocycles. The molecular weight excluding hydrogens is 376 g/mol. The van der Waals surface area contributed by atoms with Crippen LogP contribution in [0.5, 0.6) is 0 Å². The van der Waals surface area contributed by atoms with Gasteiger partial charge in [-0.3, -0.25) is 9.78 Å². The predicted molar refractivity (Wildman–Crippen MR) is 117 cm³/mol. The highest BCUT2D eigenvalue weighted by Crippen LogP contribution is 2.21. The molecule has 1 unspecified atom stereocenters. The molecule has 3 heterocycles. The first kappa shape index (κ1) is 20.0. The average molecular weight is 403 g/mol. The Balaban J connectivity index is 1.39. The number of rotatable bonds is 7. The molecule has 154 valence electrons. The number of aromatic nitrogens is 3. The van der Waals surface area contributed by atoms with Gasteiger partial charge in [0.15, 0.2) is 0 Å². The third kappa shape index (κ3) is 4.80. The van der Waals surface area contributed by atoms with Crippen LogP contribution in [0.3, 0.4) is 0 Å². The van der Waals surface area contributed by atoms with Crippen molar-refractivity contribution in [2.45, 2.75) is 25.3 Å². The van der Waals surface area contributed by atoms with Gasteiger partial charge in [0.1, 0.15) is 0 Å². The van der Waals surface area contributed by atoms with E-state index in [4.69, 9.17) is 10.7 Å². The molecule has 1 aliphatic heterocycles. The zero-order valence-electron chi connectivity index (χ0n) is 16.9. The topological polar surface area (TPSA) is 97.0 Å². The fourth-order valence-electron chi connectivity index (χ4n) is 3.65. The van der Waals surface area contributed by atoms with Crippen LogP contribution >= 0.6 is 0 Å². The Kier molecular flexibility index (Phi) is 6.29. The molecule has 1 amide bonds. The van der Waals surface area contributed by atoms with Gasteiger partial charge in [0.25, 0.3) is 5.91 Å². The van der Waals surface area contributed by atoms with E-state index < -0.39 is 0 Å². The van der Waals surface area contributed by atoms with Crippen molar-refractivity contribution in [2.75, 3.05) is 24.5 Å². The van der Waals surface area contributed by atoms with E-state index in [2.05, 4.69) is 20.2 Å². The normalized spacial score (nSPS) is 15.9. The van der Waals surface area contributed by atoms with Gasteiger partial charge in [0.2, 0.25) is 5.95 Å². The van der Waals surface area contributed by atoms with Crippen molar-refractivity contribution in [1.29, 1.82) is 0 Å². The van der Waals surface area contributed by atoms with Crippen LogP contribution in [0.25, 0.3) is 11.3 Å². The first-order chi connectivity index (χ1) is 14.7. The van der Waals surface area contributed by atoms with Crippen LogP contribution in [0.2, 0.25) is 0 Å². The summed E-state index contributed by atoms with van der Waals surface area (Å²) >= 11 is 0. The molecule has 1 aliphatic rings. The number of benzene rings is 1. The molecule has 30 heavy (non-hydrogen) atoms. The van der Waals surface area contributed by atoms with Gasteiger partial charge in [-0.1, -0.05) is 30.3 Å². The first-order valence-electron chi connectivity index (χ1n) is 10.3. The summed E-state index contributed by atoms with van der Waals surface area (Å²) in [6.07, 6.45) is 7.75. The molecule has 3 N–H and O–H groups in total. The minimum Gasteiger partial charge on any atom is -0.347 e. The summed E-state index contributed by atoms with van der Waals surface area (Å²) in [5, 5.41) is 3.12. The van der Waals surface area contributed by atoms with Crippen molar-refractivity contribution in [1.82, 2.24) is 20.3 Å². The number of hydrogen-bond donors (Lipinski definition) is 2. The summed E-state index contributed by atoms with van der Waals surface area (Å²) in [6, 6.07) is 13.9. The number of amides is 1. The van der Waals surface area contributed by atoms with Crippen molar-refractivity contribution in [3.8, 4) is 11.3 Å². The summed E-state index contributed by atoms with van der Waals surface area (Å²) in [5.74, 6) is 0.599. The number of nitrogens with zero attached hydrogens (tertiary/aromatic N) is 4. The SMILES string of the molecule is NCCCc1cncc(C(=O)NC2CCN(c3nccc(-c4ccccc4)n3)C2)c1. The number of carbonyl (C=O) groups is 1. The smallest absolute Gasteiger partial charge is 0.253 e. The van der Waals surface area contributed by atoms with Crippen molar-refractivity contribution in [2.24, 2.45) is 5.73 Å². The van der Waals surface area contributed by atoms with E-state index in [1.807, 2.05) is 42.5 Å². The van der Waals surface area contributed by atoms with E-state index in [9.17, 15) is 4.79 Å². The van der Waals surface area contributed by atoms with E-state index in [0.717, 1.165) is 42.6 Å². The Bertz CT molecular complexity index is 994. The lowest BCUT2D eigenvalue weighted by Gasteiger charge is -2.17. The Labute approximate surface area is 176 Å². The molecule has 4 rings (SSSR count). The molecule has 0 spiro atoms. The van der Waals surface area contributed by atoms with Crippen LogP contribution in [0.15, 0.2) is 61.1 Å². The molecule has 0 radical (unpaired) electrons. The van der Waals surface area contributed by atoms with Gasteiger partial charge in [-0.15, -0.1) is 0 Å². The van der Waals surface area contributed by atoms with E-state index in [1.165, 1.54) is 0 Å². The molecule has 3 aromatic rings. The fourth-order valence-corrected chi connectivity index (χ4v) is 3.65. The quantitative estimate of drug-likeness (QED) is 0.630. The molecule has 7 heteroatoms. The fraction of sp³-hybridized carbons (Fsp3) is 0.304. The van der Waals surface area contributed by atoms with Gasteiger partial charge in [0, 0.05) is 43.3 Å². The van der Waals surface area contributed by atoms with E-state index in [-0.39, 0.29) is 11.9 Å². The maximum Gasteiger partial charge on any atom is 0.253 e. The van der Waals surface area contributed by atoms with Gasteiger partial charge < -0.3 is 16.0 Å². The summed E-state index contributed by atoms with van der Waals surface area (Å²) in [4.78, 5) is 28.2. The second-order valence-electron chi connectivity index (χ2n) is 7.49. The molecule has 1 fully saturated rings. The molecule has 1 saturated heterocycles. The van der Waals surface area contributed by atoms with Crippen LogP contribution in [0, 0.1) is 0 Å². The molecule has 2 aromatic heterocycles. The van der Waals surface area contributed by atoms with Crippen LogP contribution in [0.1, 0.15) is 28.8 Å². The minimum absolute atomic E-state index is 0.0502. The molecular formula is C23H26N6O. The number of anilines is 1. The first-order valence-corrected chi connectivity index (χ1v) is 10.3. The molecule has 1 atom stereocenters. The number of aryl methyl sites for hydroxylation is 1. The number of carbonyl (C=O) groups excluding carboxylic acids is 1. The number of nitrogens with one attached hydrogen (secondary N) is 1. The van der Waals surface area contributed by atoms with Gasteiger partial charge in [0.05, 0.1) is 11.3 Å². The summed E-state index contributed by atoms with van der Waals surface area (Å²) in [5.41, 5.74) is 9.15. The van der Waals surface area contributed by atoms with Crippen molar-refractivity contribution in [3.63, 3.8) is 0 Å². The maximum absolute atomic E-state index is 12.7. The number of nitrogens with two attached hydrogens (primary N) is 1. The number of hydrogen-bond acceptors (Lipinski definition) is 6. The Hall–Kier alpha value is -3.32. The molecule has 0 aliphatic carbocycles. The van der Waals surface area contributed by atoms with E-state index >= 15 is 0 Å². The Morgan fingerprint density at radius 2 is 2.07 bits per heavy atom. The highest BCUT2D eigenvalue weighted by molar-refractivity contribution is 5.94. The standard InChI is InChI=1S/C23H26N6O/c24-10-4-5-17-13-19(15-25-14-17)22(30)27-20-9-12-29(16-20)23-26-11-8-21(28-23)18-6-2-1-3-7-18/h1-3,6-8,11,13-15,20H,4-5,9-10,12,16,24H2,(H,27,30). The van der Waals surface area contributed by atoms with Crippen molar-refractivity contribution < 1.29 is 4.79 Å². The lowest BCUT2D eigenvalue weighted by Crippen LogP contribution is -2.37. The molecule has 1 aromatic carbocycles. The monoisotopic (exact) mass is 402 g/mol. The van der Waals surface area contributed by atoms with E-state index in [1.54, 1.807) is 18.6 Å². The van der Waals surface area contributed by atoms with Gasteiger partial charge in [-0.05, 0) is 43.5 Å². The third-order valence-electron chi connectivity index (χ3n) is 5.25. The van der Waals surface area contributed by atoms with Gasteiger partial charge in [-0.25, -0.2) is 9.97 Å². The lowest BCUT2D eigenvalue weighted by molar-refractivity contribution is 0.0940. The van der Waals surface area contributed by atoms with E-state index in [0.29, 0.717) is 24.6 Å². The maximum atomic E-state index is 12.7. The average Bonchev–Trinajstić information content (AvgIpc) is 3.27. The second-order valence-corrected chi connectivity index (χ2v) is 7.49. The zero-order valence-corrected chi connectivity index (χ0v) is 16.9. The second kappa shape index (κ2) is 9.45. The van der Waals surface area contributed by atoms with Crippen molar-refractivity contribution >= 4 is 11.9 Å². The Morgan fingerprint density at radius 1 is 1.20 bits per heavy atom. The third-order valence-corrected chi connectivity index (χ3v) is 5.25. The summed E-state index contributed by atoms with van der Waals surface area (Å²) in [6.45, 7) is 2.12. The zero-order chi connectivity index (χ0) is 20.8. The van der Waals surface area contributed by atoms with Crippen LogP contribution < -0.4 is 16.0 Å². The van der Waals surface area contributed by atoms with Gasteiger partial charge >= 0.3 is 0 Å². The van der Waals surface area contributed by atoms with Crippen molar-refractivity contribution in [3.05, 3.63) is 72.2 Å². The molecule has 0 bridgehead atoms. The molecule has 7 nitrogen and oxygen atoms in total. The Morgan fingerprint density at radius 3 is 2.90 bits per heavy atom. The van der Waals surface area contributed by atoms with Crippen LogP contribution in [0.4, 0.5) is 5.95 Å². The minimum atomic E-state index is -0.0945. The summed E-state index contributed by atoms with van der Waals surface area (Å²) in [7, 11) is 0. The largest absolute Gasteiger partial charge is 0.347 e. The highest BCUT2D eigenvalue weighted by Gasteiger charge is 2.26. The van der Waals surface area contributed by atoms with Crippen LogP contribution in [-0.4, -0.2) is 46.5 Å². The predicted octanol–water partition coefficient (Wildman–Crippen LogP) is 2.44. The van der Waals surface area contributed by atoms with Gasteiger partial charge in [-0.2, -0.15) is 0 Å². The summed E-state index contributed by atoms with van der Waals surface area (Å²) < 4.78 is 0. The van der Waals surface area contributed by atoms with Crippen LogP contribution in [-0.2, 0) is 6.42 Å². The lowest BCUT2D eigenvalue weighted by atomic mass is 10.1. The number of pyridine rings is 1.